The molecule has 2 aromatic heterocycles. The lowest BCUT2D eigenvalue weighted by molar-refractivity contribution is 0.0561. The van der Waals surface area contributed by atoms with Gasteiger partial charge >= 0.3 is 5.97 Å². The number of fused-ring (bicyclic) bond motifs is 1. The molecule has 2 aromatic carbocycles. The molecule has 4 aromatic rings. The molecule has 0 atom stereocenters. The predicted molar refractivity (Wildman–Crippen MR) is 96.0 cm³/mol. The number of methoxy groups -OCH3 is 1. The lowest BCUT2D eigenvalue weighted by atomic mass is 10.0. The molecular weight excluding hydrogens is 332 g/mol. The molecule has 0 saturated carbocycles. The minimum Gasteiger partial charge on any atom is -0.486 e. The lowest BCUT2D eigenvalue weighted by Crippen LogP contribution is -1.99. The highest BCUT2D eigenvalue weighted by Gasteiger charge is 2.12. The third kappa shape index (κ3) is 3.07. The fourth-order valence-corrected chi connectivity index (χ4v) is 2.76. The second-order valence-corrected chi connectivity index (χ2v) is 5.72. The van der Waals surface area contributed by atoms with Crippen molar-refractivity contribution < 1.29 is 23.1 Å². The summed E-state index contributed by atoms with van der Waals surface area (Å²) in [7, 11) is 1.31. The highest BCUT2D eigenvalue weighted by atomic mass is 16.5. The maximum Gasteiger partial charge on any atom is 0.373 e. The van der Waals surface area contributed by atoms with Crippen LogP contribution in [0.15, 0.2) is 75.8 Å². The monoisotopic (exact) mass is 348 g/mol. The Morgan fingerprint density at radius 2 is 1.88 bits per heavy atom. The van der Waals surface area contributed by atoms with Crippen molar-refractivity contribution in [1.82, 2.24) is 0 Å². The van der Waals surface area contributed by atoms with Gasteiger partial charge in [-0.2, -0.15) is 0 Å². The summed E-state index contributed by atoms with van der Waals surface area (Å²) < 4.78 is 21.5. The molecule has 130 valence electrons. The number of ether oxygens (including phenoxy) is 2. The maximum atomic E-state index is 11.4. The summed E-state index contributed by atoms with van der Waals surface area (Å²) in [5.74, 6) is 0.874. The van der Waals surface area contributed by atoms with Crippen LogP contribution >= 0.6 is 0 Å². The number of furan rings is 2. The van der Waals surface area contributed by atoms with E-state index in [1.54, 1.807) is 18.4 Å². The zero-order valence-electron chi connectivity index (χ0n) is 14.1. The summed E-state index contributed by atoms with van der Waals surface area (Å²) in [4.78, 5) is 11.4. The van der Waals surface area contributed by atoms with Crippen molar-refractivity contribution in [3.8, 4) is 16.9 Å². The van der Waals surface area contributed by atoms with E-state index >= 15 is 0 Å². The van der Waals surface area contributed by atoms with E-state index in [1.807, 2.05) is 48.5 Å². The molecule has 0 fully saturated rings. The van der Waals surface area contributed by atoms with Crippen molar-refractivity contribution in [2.45, 2.75) is 6.61 Å². The molecule has 0 unspecified atom stereocenters. The van der Waals surface area contributed by atoms with Crippen LogP contribution in [-0.2, 0) is 11.3 Å². The lowest BCUT2D eigenvalue weighted by Gasteiger charge is -2.05. The first-order chi connectivity index (χ1) is 12.7. The molecule has 0 spiro atoms. The molecule has 0 amide bonds. The number of benzene rings is 2. The van der Waals surface area contributed by atoms with Gasteiger partial charge in [0.2, 0.25) is 5.76 Å². The van der Waals surface area contributed by atoms with E-state index in [1.165, 1.54) is 7.11 Å². The fraction of sp³-hybridized carbons (Fsp3) is 0.0952. The fourth-order valence-electron chi connectivity index (χ4n) is 2.76. The molecule has 0 bridgehead atoms. The van der Waals surface area contributed by atoms with Crippen molar-refractivity contribution in [3.05, 3.63) is 78.4 Å². The van der Waals surface area contributed by atoms with Crippen LogP contribution in [0.5, 0.6) is 5.75 Å². The van der Waals surface area contributed by atoms with Gasteiger partial charge in [0, 0.05) is 10.9 Å². The third-order valence-corrected chi connectivity index (χ3v) is 4.06. The summed E-state index contributed by atoms with van der Waals surface area (Å²) in [6.45, 7) is 0.209. The number of esters is 1. The second-order valence-electron chi connectivity index (χ2n) is 5.72. The van der Waals surface area contributed by atoms with E-state index in [-0.39, 0.29) is 12.4 Å². The van der Waals surface area contributed by atoms with Crippen molar-refractivity contribution in [3.63, 3.8) is 0 Å². The molecule has 0 N–H and O–H groups in total. The van der Waals surface area contributed by atoms with Crippen LogP contribution in [0.4, 0.5) is 0 Å². The van der Waals surface area contributed by atoms with Gasteiger partial charge in [-0.25, -0.2) is 4.79 Å². The molecule has 5 heteroatoms. The average molecular weight is 348 g/mol. The zero-order chi connectivity index (χ0) is 17.9. The third-order valence-electron chi connectivity index (χ3n) is 4.06. The first kappa shape index (κ1) is 16.0. The van der Waals surface area contributed by atoms with E-state index in [4.69, 9.17) is 13.6 Å². The van der Waals surface area contributed by atoms with Gasteiger partial charge in [0.1, 0.15) is 23.7 Å². The molecular formula is C21H16O5. The first-order valence-electron chi connectivity index (χ1n) is 8.11. The van der Waals surface area contributed by atoms with Crippen molar-refractivity contribution in [2.75, 3.05) is 7.11 Å². The van der Waals surface area contributed by atoms with Crippen molar-refractivity contribution in [1.29, 1.82) is 0 Å². The largest absolute Gasteiger partial charge is 0.486 e. The van der Waals surface area contributed by atoms with Gasteiger partial charge in [-0.05, 0) is 35.9 Å². The second kappa shape index (κ2) is 6.80. The van der Waals surface area contributed by atoms with Gasteiger partial charge in [-0.15, -0.1) is 0 Å². The van der Waals surface area contributed by atoms with Crippen molar-refractivity contribution >= 4 is 16.9 Å². The number of carbonyl (C=O) groups excluding carboxylic acids is 1. The molecule has 0 aliphatic rings. The Balaban J connectivity index is 1.56. The molecule has 2 heterocycles. The summed E-state index contributed by atoms with van der Waals surface area (Å²) in [6.07, 6.45) is 1.75. The summed E-state index contributed by atoms with van der Waals surface area (Å²) >= 11 is 0. The molecule has 0 aliphatic heterocycles. The summed E-state index contributed by atoms with van der Waals surface area (Å²) in [5, 5.41) is 0.975. The summed E-state index contributed by atoms with van der Waals surface area (Å²) in [5.41, 5.74) is 2.89. The Labute approximate surface area is 149 Å². The SMILES string of the molecule is COC(=O)c1ccc(COc2ccc3occ(-c4ccccc4)c3c2)o1. The number of hydrogen-bond donors (Lipinski definition) is 0. The van der Waals surface area contributed by atoms with Crippen LogP contribution in [0.3, 0.4) is 0 Å². The quantitative estimate of drug-likeness (QED) is 0.472. The zero-order valence-corrected chi connectivity index (χ0v) is 14.1. The van der Waals surface area contributed by atoms with Crippen LogP contribution in [-0.4, -0.2) is 13.1 Å². The van der Waals surface area contributed by atoms with Gasteiger partial charge in [0.15, 0.2) is 0 Å². The smallest absolute Gasteiger partial charge is 0.373 e. The van der Waals surface area contributed by atoms with E-state index in [2.05, 4.69) is 4.74 Å². The van der Waals surface area contributed by atoms with Gasteiger partial charge in [-0.3, -0.25) is 0 Å². The molecule has 4 rings (SSSR count). The number of rotatable bonds is 5. The van der Waals surface area contributed by atoms with Gasteiger partial charge in [0.05, 0.1) is 13.4 Å². The molecule has 26 heavy (non-hydrogen) atoms. The van der Waals surface area contributed by atoms with E-state index in [0.717, 1.165) is 22.1 Å². The number of carbonyl (C=O) groups is 1. The minimum absolute atomic E-state index is 0.155. The standard InChI is InChI=1S/C21H16O5/c1-23-21(22)20-10-8-16(26-20)12-24-15-7-9-19-17(11-15)18(13-25-19)14-5-3-2-4-6-14/h2-11,13H,12H2,1H3. The topological polar surface area (TPSA) is 61.8 Å². The Hall–Kier alpha value is -3.47. The number of hydrogen-bond acceptors (Lipinski definition) is 5. The van der Waals surface area contributed by atoms with Crippen molar-refractivity contribution in [2.24, 2.45) is 0 Å². The molecule has 5 nitrogen and oxygen atoms in total. The van der Waals surface area contributed by atoms with E-state index in [9.17, 15) is 4.79 Å². The molecule has 0 saturated heterocycles. The average Bonchev–Trinajstić information content (AvgIpc) is 3.33. The van der Waals surface area contributed by atoms with Crippen LogP contribution in [0.2, 0.25) is 0 Å². The van der Waals surface area contributed by atoms with E-state index < -0.39 is 5.97 Å². The highest BCUT2D eigenvalue weighted by molar-refractivity contribution is 5.94. The van der Waals surface area contributed by atoms with Gasteiger partial charge in [0.25, 0.3) is 0 Å². The van der Waals surface area contributed by atoms with E-state index in [0.29, 0.717) is 11.5 Å². The van der Waals surface area contributed by atoms with Crippen LogP contribution < -0.4 is 4.74 Å². The van der Waals surface area contributed by atoms with Gasteiger partial charge in [-0.1, -0.05) is 30.3 Å². The van der Waals surface area contributed by atoms with Crippen LogP contribution in [0, 0.1) is 0 Å². The molecule has 0 aliphatic carbocycles. The van der Waals surface area contributed by atoms with Crippen LogP contribution in [0.1, 0.15) is 16.3 Å². The maximum absolute atomic E-state index is 11.4. The Morgan fingerprint density at radius 3 is 2.69 bits per heavy atom. The summed E-state index contributed by atoms with van der Waals surface area (Å²) in [6, 6.07) is 18.9. The Kier molecular flexibility index (Phi) is 4.19. The first-order valence-corrected chi connectivity index (χ1v) is 8.11. The Bertz CT molecular complexity index is 1040. The minimum atomic E-state index is -0.511. The van der Waals surface area contributed by atoms with Crippen LogP contribution in [0.25, 0.3) is 22.1 Å². The predicted octanol–water partition coefficient (Wildman–Crippen LogP) is 5.06. The molecule has 0 radical (unpaired) electrons. The normalized spacial score (nSPS) is 10.8. The highest BCUT2D eigenvalue weighted by Crippen LogP contribution is 2.33. The Morgan fingerprint density at radius 1 is 1.04 bits per heavy atom. The van der Waals surface area contributed by atoms with Gasteiger partial charge < -0.3 is 18.3 Å².